The second-order valence-corrected chi connectivity index (χ2v) is 7.09. The maximum Gasteiger partial charge on any atom is 0.232 e. The van der Waals surface area contributed by atoms with E-state index < -0.39 is 0 Å². The molecule has 1 aliphatic rings. The first-order valence-corrected chi connectivity index (χ1v) is 7.09. The fourth-order valence-corrected chi connectivity index (χ4v) is 2.41. The minimum atomic E-state index is 0.136. The molecule has 0 radical (unpaired) electrons. The van der Waals surface area contributed by atoms with Gasteiger partial charge in [0.1, 0.15) is 0 Å². The highest BCUT2D eigenvalue weighted by Crippen LogP contribution is 2.23. The molecular weight excluding hydrogens is 236 g/mol. The van der Waals surface area contributed by atoms with E-state index in [1.54, 1.807) is 11.8 Å². The van der Waals surface area contributed by atoms with Gasteiger partial charge >= 0.3 is 0 Å². The van der Waals surface area contributed by atoms with Gasteiger partial charge in [-0.25, -0.2) is 0 Å². The Hall–Kier alpha value is -0.260. The number of hydrogen-bond donors (Lipinski definition) is 1. The average Bonchev–Trinajstić information content (AvgIpc) is 2.26. The van der Waals surface area contributed by atoms with Crippen LogP contribution in [-0.4, -0.2) is 60.7 Å². The van der Waals surface area contributed by atoms with Gasteiger partial charge < -0.3 is 15.0 Å². The summed E-state index contributed by atoms with van der Waals surface area (Å²) in [5.74, 6) is 0.796. The number of thioether (sulfide) groups is 1. The van der Waals surface area contributed by atoms with Crippen LogP contribution in [0.25, 0.3) is 0 Å². The Labute approximate surface area is 108 Å². The van der Waals surface area contributed by atoms with Crippen molar-refractivity contribution in [2.45, 2.75) is 31.6 Å². The van der Waals surface area contributed by atoms with E-state index in [0.29, 0.717) is 18.9 Å². The van der Waals surface area contributed by atoms with Gasteiger partial charge in [-0.05, 0) is 7.05 Å². The van der Waals surface area contributed by atoms with Crippen LogP contribution in [0.15, 0.2) is 0 Å². The SMILES string of the molecule is CNCC1CN(C(=O)CSC(C)(C)C)CCO1. The molecule has 1 saturated heterocycles. The minimum absolute atomic E-state index is 0.136. The lowest BCUT2D eigenvalue weighted by Crippen LogP contribution is -2.49. The van der Waals surface area contributed by atoms with Gasteiger partial charge in [0.25, 0.3) is 0 Å². The Morgan fingerprint density at radius 1 is 1.53 bits per heavy atom. The van der Waals surface area contributed by atoms with Crippen LogP contribution in [-0.2, 0) is 9.53 Å². The van der Waals surface area contributed by atoms with Crippen LogP contribution in [0.3, 0.4) is 0 Å². The van der Waals surface area contributed by atoms with Gasteiger partial charge in [0.2, 0.25) is 5.91 Å². The number of likely N-dealkylation sites (N-methyl/N-ethyl adjacent to an activating group) is 1. The molecule has 1 unspecified atom stereocenters. The molecule has 1 amide bonds. The molecule has 1 rings (SSSR count). The summed E-state index contributed by atoms with van der Waals surface area (Å²) >= 11 is 1.70. The van der Waals surface area contributed by atoms with Crippen LogP contribution >= 0.6 is 11.8 Å². The minimum Gasteiger partial charge on any atom is -0.373 e. The molecule has 0 aliphatic carbocycles. The Morgan fingerprint density at radius 3 is 2.82 bits per heavy atom. The van der Waals surface area contributed by atoms with Crippen molar-refractivity contribution < 1.29 is 9.53 Å². The Kier molecular flexibility index (Phi) is 5.76. The van der Waals surface area contributed by atoms with E-state index in [0.717, 1.165) is 13.1 Å². The van der Waals surface area contributed by atoms with E-state index >= 15 is 0 Å². The van der Waals surface area contributed by atoms with Crippen molar-refractivity contribution in [1.29, 1.82) is 0 Å². The summed E-state index contributed by atoms with van der Waals surface area (Å²) in [6, 6.07) is 0. The first-order chi connectivity index (χ1) is 7.92. The molecule has 0 bridgehead atoms. The number of rotatable bonds is 4. The predicted octanol–water partition coefficient (Wildman–Crippen LogP) is 0.965. The number of morpholine rings is 1. The molecule has 0 spiro atoms. The van der Waals surface area contributed by atoms with Crippen molar-refractivity contribution in [3.8, 4) is 0 Å². The summed E-state index contributed by atoms with van der Waals surface area (Å²) in [5.41, 5.74) is 0. The van der Waals surface area contributed by atoms with Gasteiger partial charge in [-0.1, -0.05) is 20.8 Å². The van der Waals surface area contributed by atoms with Crippen LogP contribution in [0.1, 0.15) is 20.8 Å². The van der Waals surface area contributed by atoms with E-state index in [9.17, 15) is 4.79 Å². The summed E-state index contributed by atoms with van der Waals surface area (Å²) in [7, 11) is 1.90. The summed E-state index contributed by atoms with van der Waals surface area (Å²) in [6.07, 6.45) is 0.136. The topological polar surface area (TPSA) is 41.6 Å². The third kappa shape index (κ3) is 5.75. The van der Waals surface area contributed by atoms with E-state index in [1.807, 2.05) is 11.9 Å². The highest BCUT2D eigenvalue weighted by molar-refractivity contribution is 8.01. The van der Waals surface area contributed by atoms with Crippen LogP contribution in [0.2, 0.25) is 0 Å². The number of ether oxygens (including phenoxy) is 1. The maximum absolute atomic E-state index is 12.0. The first kappa shape index (κ1) is 14.8. The van der Waals surface area contributed by atoms with Gasteiger partial charge in [-0.15, -0.1) is 11.8 Å². The Bertz CT molecular complexity index is 251. The standard InChI is InChI=1S/C12H24N2O2S/c1-12(2,3)17-9-11(15)14-5-6-16-10(8-14)7-13-4/h10,13H,5-9H2,1-4H3. The van der Waals surface area contributed by atoms with E-state index in [1.165, 1.54) is 0 Å². The van der Waals surface area contributed by atoms with Gasteiger partial charge in [0.15, 0.2) is 0 Å². The first-order valence-electron chi connectivity index (χ1n) is 6.10. The molecular formula is C12H24N2O2S. The zero-order chi connectivity index (χ0) is 12.9. The zero-order valence-electron chi connectivity index (χ0n) is 11.3. The van der Waals surface area contributed by atoms with E-state index in [-0.39, 0.29) is 16.8 Å². The van der Waals surface area contributed by atoms with E-state index in [4.69, 9.17) is 4.74 Å². The van der Waals surface area contributed by atoms with Crippen LogP contribution < -0.4 is 5.32 Å². The lowest BCUT2D eigenvalue weighted by atomic mass is 10.2. The molecule has 0 saturated carbocycles. The number of hydrogen-bond acceptors (Lipinski definition) is 4. The highest BCUT2D eigenvalue weighted by Gasteiger charge is 2.24. The van der Waals surface area contributed by atoms with Crippen molar-refractivity contribution in [3.63, 3.8) is 0 Å². The van der Waals surface area contributed by atoms with Gasteiger partial charge in [-0.3, -0.25) is 4.79 Å². The fraction of sp³-hybridized carbons (Fsp3) is 0.917. The average molecular weight is 260 g/mol. The van der Waals surface area contributed by atoms with Gasteiger partial charge in [0, 0.05) is 24.4 Å². The molecule has 100 valence electrons. The van der Waals surface area contributed by atoms with Crippen molar-refractivity contribution >= 4 is 17.7 Å². The normalized spacial score (nSPS) is 21.6. The third-order valence-electron chi connectivity index (χ3n) is 2.55. The molecule has 0 aromatic carbocycles. The summed E-state index contributed by atoms with van der Waals surface area (Å²) in [4.78, 5) is 13.9. The van der Waals surface area contributed by atoms with E-state index in [2.05, 4.69) is 26.1 Å². The van der Waals surface area contributed by atoms with Gasteiger partial charge in [0.05, 0.1) is 18.5 Å². The molecule has 0 aromatic rings. The van der Waals surface area contributed by atoms with Crippen molar-refractivity contribution in [2.24, 2.45) is 0 Å². The molecule has 1 heterocycles. The molecule has 1 atom stereocenters. The number of nitrogens with one attached hydrogen (secondary N) is 1. The largest absolute Gasteiger partial charge is 0.373 e. The molecule has 17 heavy (non-hydrogen) atoms. The molecule has 4 nitrogen and oxygen atoms in total. The van der Waals surface area contributed by atoms with Crippen LogP contribution in [0, 0.1) is 0 Å². The lowest BCUT2D eigenvalue weighted by molar-refractivity contribution is -0.135. The van der Waals surface area contributed by atoms with Crippen molar-refractivity contribution in [3.05, 3.63) is 0 Å². The second kappa shape index (κ2) is 6.61. The summed E-state index contributed by atoms with van der Waals surface area (Å²) in [5, 5.41) is 3.08. The molecule has 0 aromatic heterocycles. The number of nitrogens with zero attached hydrogens (tertiary/aromatic N) is 1. The lowest BCUT2D eigenvalue weighted by Gasteiger charge is -2.33. The fourth-order valence-electron chi connectivity index (χ4n) is 1.67. The van der Waals surface area contributed by atoms with Crippen molar-refractivity contribution in [1.82, 2.24) is 10.2 Å². The predicted molar refractivity (Wildman–Crippen MR) is 72.5 cm³/mol. The monoisotopic (exact) mass is 260 g/mol. The van der Waals surface area contributed by atoms with Crippen LogP contribution in [0.5, 0.6) is 0 Å². The Balaban J connectivity index is 2.36. The molecule has 1 N–H and O–H groups in total. The van der Waals surface area contributed by atoms with Gasteiger partial charge in [-0.2, -0.15) is 0 Å². The van der Waals surface area contributed by atoms with Crippen molar-refractivity contribution in [2.75, 3.05) is 39.0 Å². The molecule has 1 fully saturated rings. The second-order valence-electron chi connectivity index (χ2n) is 5.29. The highest BCUT2D eigenvalue weighted by atomic mass is 32.2. The zero-order valence-corrected chi connectivity index (χ0v) is 12.1. The Morgan fingerprint density at radius 2 is 2.24 bits per heavy atom. The molecule has 1 aliphatic heterocycles. The summed E-state index contributed by atoms with van der Waals surface area (Å²) in [6.45, 7) is 9.29. The number of carbonyl (C=O) groups is 1. The quantitative estimate of drug-likeness (QED) is 0.818. The summed E-state index contributed by atoms with van der Waals surface area (Å²) < 4.78 is 5.73. The van der Waals surface area contributed by atoms with Crippen LogP contribution in [0.4, 0.5) is 0 Å². The third-order valence-corrected chi connectivity index (χ3v) is 3.81. The maximum atomic E-state index is 12.0. The smallest absolute Gasteiger partial charge is 0.232 e. The molecule has 5 heteroatoms. The number of carbonyl (C=O) groups excluding carboxylic acids is 1. The number of amides is 1.